The predicted octanol–water partition coefficient (Wildman–Crippen LogP) is 4.22. The van der Waals surface area contributed by atoms with Crippen molar-refractivity contribution < 1.29 is 28.5 Å². The first kappa shape index (κ1) is 28.3. The maximum absolute atomic E-state index is 12.7. The van der Waals surface area contributed by atoms with Gasteiger partial charge in [-0.3, -0.25) is 9.36 Å². The summed E-state index contributed by atoms with van der Waals surface area (Å²) in [7, 11) is 7.80. The van der Waals surface area contributed by atoms with Crippen LogP contribution in [0.15, 0.2) is 70.9 Å². The van der Waals surface area contributed by atoms with E-state index in [4.69, 9.17) is 23.7 Å². The summed E-state index contributed by atoms with van der Waals surface area (Å²) in [6.07, 6.45) is 1.48. The van der Waals surface area contributed by atoms with E-state index in [0.29, 0.717) is 33.8 Å². The van der Waals surface area contributed by atoms with Gasteiger partial charge in [0.1, 0.15) is 11.5 Å². The fourth-order valence-electron chi connectivity index (χ4n) is 3.82. The number of ether oxygens (including phenoxy) is 5. The summed E-state index contributed by atoms with van der Waals surface area (Å²) in [5.74, 6) is 3.20. The van der Waals surface area contributed by atoms with E-state index >= 15 is 0 Å². The van der Waals surface area contributed by atoms with Crippen LogP contribution in [-0.4, -0.2) is 68.2 Å². The molecule has 0 spiro atoms. The number of thioether (sulfide) groups is 1. The van der Waals surface area contributed by atoms with Gasteiger partial charge in [0, 0.05) is 16.8 Å². The van der Waals surface area contributed by atoms with E-state index in [9.17, 15) is 4.79 Å². The summed E-state index contributed by atoms with van der Waals surface area (Å²) in [6, 6.07) is 18.5. The quantitative estimate of drug-likeness (QED) is 0.154. The SMILES string of the molecule is COc1ccc(-c2nnc(SCC(=O)N/N=C/c3ccc(OC)c(OC)c3OC)n2-c2ccc(OC)cc2)cc1. The van der Waals surface area contributed by atoms with E-state index in [-0.39, 0.29) is 11.7 Å². The van der Waals surface area contributed by atoms with Crippen LogP contribution < -0.4 is 29.1 Å². The fraction of sp³-hybridized carbons (Fsp3) is 0.214. The minimum absolute atomic E-state index is 0.0529. The molecule has 0 aliphatic heterocycles. The van der Waals surface area contributed by atoms with Crippen LogP contribution in [0.5, 0.6) is 28.7 Å². The van der Waals surface area contributed by atoms with E-state index in [2.05, 4.69) is 20.7 Å². The van der Waals surface area contributed by atoms with Gasteiger partial charge in [0.2, 0.25) is 5.75 Å². The minimum atomic E-state index is -0.323. The first-order valence-corrected chi connectivity index (χ1v) is 13.0. The van der Waals surface area contributed by atoms with E-state index in [1.165, 1.54) is 32.2 Å². The molecule has 1 N–H and O–H groups in total. The van der Waals surface area contributed by atoms with Crippen molar-refractivity contribution in [1.82, 2.24) is 20.2 Å². The number of methoxy groups -OCH3 is 5. The van der Waals surface area contributed by atoms with Crippen molar-refractivity contribution >= 4 is 23.9 Å². The van der Waals surface area contributed by atoms with E-state index in [1.807, 2.05) is 53.1 Å². The Labute approximate surface area is 236 Å². The van der Waals surface area contributed by atoms with Crippen molar-refractivity contribution in [1.29, 1.82) is 0 Å². The Morgan fingerprint density at radius 1 is 0.825 bits per heavy atom. The number of carbonyl (C=O) groups excluding carboxylic acids is 1. The number of rotatable bonds is 12. The van der Waals surface area contributed by atoms with Crippen LogP contribution in [-0.2, 0) is 4.79 Å². The second-order valence-corrected chi connectivity index (χ2v) is 9.02. The highest BCUT2D eigenvalue weighted by Crippen LogP contribution is 2.39. The average molecular weight is 564 g/mol. The van der Waals surface area contributed by atoms with Crippen molar-refractivity contribution in [2.45, 2.75) is 5.16 Å². The molecule has 1 aromatic heterocycles. The Hall–Kier alpha value is -4.71. The van der Waals surface area contributed by atoms with Gasteiger partial charge in [-0.1, -0.05) is 11.8 Å². The summed E-state index contributed by atoms with van der Waals surface area (Å²) < 4.78 is 28.6. The van der Waals surface area contributed by atoms with Crippen LogP contribution in [0.1, 0.15) is 5.56 Å². The summed E-state index contributed by atoms with van der Waals surface area (Å²) in [5, 5.41) is 13.4. The molecule has 4 aromatic rings. The Morgan fingerprint density at radius 2 is 1.48 bits per heavy atom. The maximum Gasteiger partial charge on any atom is 0.250 e. The van der Waals surface area contributed by atoms with Gasteiger partial charge >= 0.3 is 0 Å². The third-order valence-corrected chi connectivity index (χ3v) is 6.70. The van der Waals surface area contributed by atoms with Crippen molar-refractivity contribution in [3.05, 3.63) is 66.2 Å². The highest BCUT2D eigenvalue weighted by Gasteiger charge is 2.18. The lowest BCUT2D eigenvalue weighted by molar-refractivity contribution is -0.118. The molecule has 3 aromatic carbocycles. The van der Waals surface area contributed by atoms with Gasteiger partial charge < -0.3 is 23.7 Å². The monoisotopic (exact) mass is 563 g/mol. The van der Waals surface area contributed by atoms with Gasteiger partial charge in [-0.15, -0.1) is 10.2 Å². The molecule has 0 saturated carbocycles. The second kappa shape index (κ2) is 13.4. The molecule has 0 atom stereocenters. The average Bonchev–Trinajstić information content (AvgIpc) is 3.43. The number of nitrogens with one attached hydrogen (secondary N) is 1. The van der Waals surface area contributed by atoms with Gasteiger partial charge in [-0.05, 0) is 60.7 Å². The molecular formula is C28H29N5O6S. The number of benzene rings is 3. The summed E-state index contributed by atoms with van der Waals surface area (Å²) >= 11 is 1.23. The minimum Gasteiger partial charge on any atom is -0.497 e. The number of hydrogen-bond acceptors (Lipinski definition) is 10. The largest absolute Gasteiger partial charge is 0.497 e. The summed E-state index contributed by atoms with van der Waals surface area (Å²) in [5.41, 5.74) is 4.81. The van der Waals surface area contributed by atoms with E-state index in [1.54, 1.807) is 33.5 Å². The maximum atomic E-state index is 12.7. The van der Waals surface area contributed by atoms with Crippen LogP contribution in [0.2, 0.25) is 0 Å². The zero-order chi connectivity index (χ0) is 28.5. The first-order chi connectivity index (χ1) is 19.5. The Balaban J connectivity index is 1.52. The van der Waals surface area contributed by atoms with Crippen LogP contribution in [0.25, 0.3) is 17.1 Å². The highest BCUT2D eigenvalue weighted by molar-refractivity contribution is 7.99. The van der Waals surface area contributed by atoms with Gasteiger partial charge in [-0.25, -0.2) is 5.43 Å². The van der Waals surface area contributed by atoms with Crippen molar-refractivity contribution in [2.24, 2.45) is 5.10 Å². The smallest absolute Gasteiger partial charge is 0.250 e. The molecule has 12 heteroatoms. The molecule has 11 nitrogen and oxygen atoms in total. The molecule has 40 heavy (non-hydrogen) atoms. The molecule has 1 amide bonds. The Morgan fingerprint density at radius 3 is 2.08 bits per heavy atom. The fourth-order valence-corrected chi connectivity index (χ4v) is 4.56. The third kappa shape index (κ3) is 6.29. The third-order valence-electron chi connectivity index (χ3n) is 5.77. The standard InChI is InChI=1S/C28H29N5O6S/c1-35-21-11-6-18(7-12-21)27-31-32-28(33(27)20-9-13-22(36-2)14-10-20)40-17-24(34)30-29-16-19-8-15-23(37-3)26(39-5)25(19)38-4/h6-16H,17H2,1-5H3,(H,30,34)/b29-16+. The Kier molecular flexibility index (Phi) is 9.47. The van der Waals surface area contributed by atoms with Gasteiger partial charge in [0.25, 0.3) is 5.91 Å². The number of hydrazone groups is 1. The molecule has 0 radical (unpaired) electrons. The molecule has 4 rings (SSSR count). The zero-order valence-electron chi connectivity index (χ0n) is 22.7. The summed E-state index contributed by atoms with van der Waals surface area (Å²) in [4.78, 5) is 12.7. The van der Waals surface area contributed by atoms with Crippen molar-refractivity contribution in [2.75, 3.05) is 41.3 Å². The van der Waals surface area contributed by atoms with Crippen LogP contribution >= 0.6 is 11.8 Å². The molecule has 0 aliphatic carbocycles. The molecule has 1 heterocycles. The van der Waals surface area contributed by atoms with Crippen LogP contribution in [0.3, 0.4) is 0 Å². The molecule has 0 bridgehead atoms. The normalized spacial score (nSPS) is 10.8. The van der Waals surface area contributed by atoms with Crippen molar-refractivity contribution in [3.8, 4) is 45.8 Å². The first-order valence-electron chi connectivity index (χ1n) is 12.0. The lowest BCUT2D eigenvalue weighted by Gasteiger charge is -2.13. The predicted molar refractivity (Wildman–Crippen MR) is 152 cm³/mol. The molecule has 0 saturated heterocycles. The van der Waals surface area contributed by atoms with Gasteiger partial charge in [0.15, 0.2) is 22.5 Å². The van der Waals surface area contributed by atoms with E-state index < -0.39 is 0 Å². The molecule has 0 aliphatic rings. The lowest BCUT2D eigenvalue weighted by atomic mass is 10.2. The van der Waals surface area contributed by atoms with Crippen LogP contribution in [0, 0.1) is 0 Å². The second-order valence-electron chi connectivity index (χ2n) is 8.07. The Bertz CT molecular complexity index is 1470. The number of hydrogen-bond donors (Lipinski definition) is 1. The number of carbonyl (C=O) groups is 1. The lowest BCUT2D eigenvalue weighted by Crippen LogP contribution is -2.20. The number of nitrogens with zero attached hydrogens (tertiary/aromatic N) is 4. The van der Waals surface area contributed by atoms with Crippen LogP contribution in [0.4, 0.5) is 0 Å². The number of amides is 1. The van der Waals surface area contributed by atoms with Gasteiger partial charge in [0.05, 0.1) is 47.5 Å². The van der Waals surface area contributed by atoms with E-state index in [0.717, 1.165) is 22.7 Å². The highest BCUT2D eigenvalue weighted by atomic mass is 32.2. The zero-order valence-corrected chi connectivity index (χ0v) is 23.5. The van der Waals surface area contributed by atoms with Gasteiger partial charge in [-0.2, -0.15) is 5.10 Å². The molecular weight excluding hydrogens is 534 g/mol. The summed E-state index contributed by atoms with van der Waals surface area (Å²) in [6.45, 7) is 0. The van der Waals surface area contributed by atoms with Crippen molar-refractivity contribution in [3.63, 3.8) is 0 Å². The molecule has 0 unspecified atom stereocenters. The molecule has 208 valence electrons. The molecule has 0 fully saturated rings. The number of aromatic nitrogens is 3. The topological polar surface area (TPSA) is 118 Å².